The second kappa shape index (κ2) is 9.78. The van der Waals surface area contributed by atoms with Crippen molar-refractivity contribution in [2.45, 2.75) is 34.1 Å². The molecule has 0 atom stereocenters. The van der Waals surface area contributed by atoms with Crippen LogP contribution in [0, 0.1) is 5.41 Å². The molecule has 0 radical (unpaired) electrons. The van der Waals surface area contributed by atoms with Gasteiger partial charge >= 0.3 is 0 Å². The number of rotatable bonds is 8. The predicted octanol–water partition coefficient (Wildman–Crippen LogP) is 4.51. The van der Waals surface area contributed by atoms with Gasteiger partial charge in [0.1, 0.15) is 5.75 Å². The molecule has 6 nitrogen and oxygen atoms in total. The van der Waals surface area contributed by atoms with Gasteiger partial charge in [-0.2, -0.15) is 0 Å². The normalized spacial score (nSPS) is 10.9. The fraction of sp³-hybridized carbons (Fsp3) is 0.364. The van der Waals surface area contributed by atoms with E-state index in [1.54, 1.807) is 24.3 Å². The molecule has 0 bridgehead atoms. The molecule has 0 saturated carbocycles. The number of anilines is 3. The number of hydrogen-bond donors (Lipinski definition) is 3. The highest BCUT2D eigenvalue weighted by atomic mass is 16.5. The van der Waals surface area contributed by atoms with E-state index in [1.807, 2.05) is 45.0 Å². The number of nitrogens with one attached hydrogen (secondary N) is 3. The maximum Gasteiger partial charge on any atom is 0.243 e. The molecule has 150 valence electrons. The van der Waals surface area contributed by atoms with Crippen molar-refractivity contribution in [1.82, 2.24) is 0 Å². The summed E-state index contributed by atoms with van der Waals surface area (Å²) >= 11 is 0. The zero-order valence-electron chi connectivity index (χ0n) is 17.0. The third kappa shape index (κ3) is 6.95. The van der Waals surface area contributed by atoms with Gasteiger partial charge in [0, 0.05) is 22.5 Å². The van der Waals surface area contributed by atoms with Crippen molar-refractivity contribution in [3.63, 3.8) is 0 Å². The van der Waals surface area contributed by atoms with Crippen LogP contribution in [0.1, 0.15) is 34.1 Å². The first-order valence-corrected chi connectivity index (χ1v) is 9.46. The number of benzene rings is 2. The Hall–Kier alpha value is -3.02. The maximum absolute atomic E-state index is 12.2. The Morgan fingerprint density at radius 1 is 0.929 bits per heavy atom. The number of carbonyl (C=O) groups excluding carboxylic acids is 2. The van der Waals surface area contributed by atoms with Crippen LogP contribution in [-0.2, 0) is 9.59 Å². The van der Waals surface area contributed by atoms with Crippen molar-refractivity contribution < 1.29 is 14.3 Å². The lowest BCUT2D eigenvalue weighted by Crippen LogP contribution is -2.27. The Balaban J connectivity index is 1.86. The third-order valence-corrected chi connectivity index (χ3v) is 3.87. The first kappa shape index (κ1) is 21.3. The molecule has 0 heterocycles. The average Bonchev–Trinajstić information content (AvgIpc) is 2.65. The summed E-state index contributed by atoms with van der Waals surface area (Å²) in [7, 11) is 0. The Morgan fingerprint density at radius 3 is 2.18 bits per heavy atom. The minimum Gasteiger partial charge on any atom is -0.494 e. The quantitative estimate of drug-likeness (QED) is 0.627. The molecule has 0 spiro atoms. The highest BCUT2D eigenvalue weighted by Gasteiger charge is 2.21. The summed E-state index contributed by atoms with van der Waals surface area (Å²) in [5, 5.41) is 8.76. The maximum atomic E-state index is 12.2. The van der Waals surface area contributed by atoms with E-state index in [0.717, 1.165) is 17.9 Å². The summed E-state index contributed by atoms with van der Waals surface area (Å²) in [6.45, 7) is 8.42. The van der Waals surface area contributed by atoms with Gasteiger partial charge in [-0.05, 0) is 48.9 Å². The Bertz CT molecular complexity index is 795. The number of amides is 2. The van der Waals surface area contributed by atoms with Gasteiger partial charge in [0.25, 0.3) is 0 Å². The molecular formula is C22H29N3O3. The lowest BCUT2D eigenvalue weighted by atomic mass is 9.95. The van der Waals surface area contributed by atoms with Gasteiger partial charge in [0.2, 0.25) is 11.8 Å². The molecule has 28 heavy (non-hydrogen) atoms. The zero-order valence-corrected chi connectivity index (χ0v) is 17.0. The summed E-state index contributed by atoms with van der Waals surface area (Å²) in [5.74, 6) is 0.556. The van der Waals surface area contributed by atoms with Crippen LogP contribution in [0.25, 0.3) is 0 Å². The van der Waals surface area contributed by atoms with Crippen LogP contribution in [-0.4, -0.2) is 25.0 Å². The summed E-state index contributed by atoms with van der Waals surface area (Å²) in [6.07, 6.45) is 0.960. The average molecular weight is 383 g/mol. The molecule has 3 N–H and O–H groups in total. The van der Waals surface area contributed by atoms with E-state index in [4.69, 9.17) is 4.74 Å². The SMILES string of the molecule is CCCOc1ccc(NCC(=O)Nc2cccc(NC(=O)C(C)(C)C)c2)cc1. The van der Waals surface area contributed by atoms with Gasteiger partial charge in [-0.3, -0.25) is 9.59 Å². The molecule has 2 aromatic carbocycles. The minimum atomic E-state index is -0.486. The summed E-state index contributed by atoms with van der Waals surface area (Å²) < 4.78 is 5.54. The molecule has 2 aromatic rings. The van der Waals surface area contributed by atoms with Crippen LogP contribution >= 0.6 is 0 Å². The Kier molecular flexibility index (Phi) is 7.44. The molecule has 0 aromatic heterocycles. The van der Waals surface area contributed by atoms with E-state index < -0.39 is 5.41 Å². The standard InChI is InChI=1S/C22H29N3O3/c1-5-13-28-19-11-9-16(10-12-19)23-15-20(26)24-17-7-6-8-18(14-17)25-21(27)22(2,3)4/h6-12,14,23H,5,13,15H2,1-4H3,(H,24,26)(H,25,27). The van der Waals surface area contributed by atoms with E-state index in [2.05, 4.69) is 22.9 Å². The van der Waals surface area contributed by atoms with Crippen LogP contribution in [0.5, 0.6) is 5.75 Å². The van der Waals surface area contributed by atoms with E-state index in [1.165, 1.54) is 0 Å². The lowest BCUT2D eigenvalue weighted by molar-refractivity contribution is -0.123. The predicted molar refractivity (Wildman–Crippen MR) is 114 cm³/mol. The largest absolute Gasteiger partial charge is 0.494 e. The van der Waals surface area contributed by atoms with Crippen molar-refractivity contribution in [3.8, 4) is 5.75 Å². The van der Waals surface area contributed by atoms with Crippen LogP contribution < -0.4 is 20.7 Å². The van der Waals surface area contributed by atoms with Gasteiger partial charge < -0.3 is 20.7 Å². The molecule has 0 unspecified atom stereocenters. The first-order chi connectivity index (χ1) is 13.3. The van der Waals surface area contributed by atoms with Crippen LogP contribution in [0.15, 0.2) is 48.5 Å². The van der Waals surface area contributed by atoms with Gasteiger partial charge in [-0.25, -0.2) is 0 Å². The van der Waals surface area contributed by atoms with Crippen molar-refractivity contribution in [1.29, 1.82) is 0 Å². The molecule has 0 saturated heterocycles. The van der Waals surface area contributed by atoms with Gasteiger partial charge in [0.15, 0.2) is 0 Å². The molecule has 2 rings (SSSR count). The van der Waals surface area contributed by atoms with E-state index in [9.17, 15) is 9.59 Å². The van der Waals surface area contributed by atoms with E-state index in [-0.39, 0.29) is 18.4 Å². The molecule has 0 aliphatic heterocycles. The Morgan fingerprint density at radius 2 is 1.57 bits per heavy atom. The van der Waals surface area contributed by atoms with Gasteiger partial charge in [0.05, 0.1) is 13.2 Å². The van der Waals surface area contributed by atoms with Gasteiger partial charge in [-0.15, -0.1) is 0 Å². The number of ether oxygens (including phenoxy) is 1. The van der Waals surface area contributed by atoms with Crippen molar-refractivity contribution in [2.24, 2.45) is 5.41 Å². The van der Waals surface area contributed by atoms with Gasteiger partial charge in [-0.1, -0.05) is 33.8 Å². The molecule has 0 aliphatic rings. The van der Waals surface area contributed by atoms with Crippen LogP contribution in [0.2, 0.25) is 0 Å². The van der Waals surface area contributed by atoms with E-state index in [0.29, 0.717) is 18.0 Å². The zero-order chi connectivity index (χ0) is 20.6. The van der Waals surface area contributed by atoms with Crippen molar-refractivity contribution in [3.05, 3.63) is 48.5 Å². The lowest BCUT2D eigenvalue weighted by Gasteiger charge is -2.18. The fourth-order valence-electron chi connectivity index (χ4n) is 2.27. The second-order valence-corrected chi connectivity index (χ2v) is 7.56. The first-order valence-electron chi connectivity index (χ1n) is 9.46. The smallest absolute Gasteiger partial charge is 0.243 e. The Labute approximate surface area is 166 Å². The molecule has 6 heteroatoms. The number of carbonyl (C=O) groups is 2. The highest BCUT2D eigenvalue weighted by Crippen LogP contribution is 2.20. The summed E-state index contributed by atoms with van der Waals surface area (Å²) in [6, 6.07) is 14.6. The summed E-state index contributed by atoms with van der Waals surface area (Å²) in [5.41, 5.74) is 1.63. The second-order valence-electron chi connectivity index (χ2n) is 7.56. The molecular weight excluding hydrogens is 354 g/mol. The van der Waals surface area contributed by atoms with Crippen molar-refractivity contribution >= 4 is 28.9 Å². The minimum absolute atomic E-state index is 0.0796. The summed E-state index contributed by atoms with van der Waals surface area (Å²) in [4.78, 5) is 24.3. The molecule has 0 aliphatic carbocycles. The molecule has 2 amide bonds. The monoisotopic (exact) mass is 383 g/mol. The topological polar surface area (TPSA) is 79.5 Å². The van der Waals surface area contributed by atoms with Crippen molar-refractivity contribution in [2.75, 3.05) is 29.1 Å². The molecule has 0 fully saturated rings. The number of hydrogen-bond acceptors (Lipinski definition) is 4. The van der Waals surface area contributed by atoms with E-state index >= 15 is 0 Å². The van der Waals surface area contributed by atoms with Crippen LogP contribution in [0.4, 0.5) is 17.1 Å². The highest BCUT2D eigenvalue weighted by molar-refractivity contribution is 5.97. The third-order valence-electron chi connectivity index (χ3n) is 3.87. The fourth-order valence-corrected chi connectivity index (χ4v) is 2.27. The van der Waals surface area contributed by atoms with Crippen LogP contribution in [0.3, 0.4) is 0 Å².